The zero-order valence-corrected chi connectivity index (χ0v) is 10.0. The van der Waals surface area contributed by atoms with E-state index in [1.165, 1.54) is 6.08 Å². The van der Waals surface area contributed by atoms with Crippen LogP contribution in [0.3, 0.4) is 0 Å². The molecular formula is C12H16O5. The second-order valence-corrected chi connectivity index (χ2v) is 5.73. The van der Waals surface area contributed by atoms with Crippen LogP contribution >= 0.6 is 0 Å². The quantitative estimate of drug-likeness (QED) is 0.639. The first-order valence-corrected chi connectivity index (χ1v) is 5.75. The van der Waals surface area contributed by atoms with Gasteiger partial charge >= 0.3 is 0 Å². The van der Waals surface area contributed by atoms with Gasteiger partial charge in [0.15, 0.2) is 11.4 Å². The van der Waals surface area contributed by atoms with Crippen molar-refractivity contribution in [2.24, 2.45) is 0 Å². The fraction of sp³-hybridized carbons (Fsp3) is 0.750. The van der Waals surface area contributed by atoms with Crippen molar-refractivity contribution in [1.82, 2.24) is 0 Å². The van der Waals surface area contributed by atoms with E-state index < -0.39 is 23.4 Å². The lowest BCUT2D eigenvalue weighted by Gasteiger charge is -2.19. The van der Waals surface area contributed by atoms with E-state index in [4.69, 9.17) is 9.47 Å². The molecule has 0 radical (unpaired) electrons. The number of carbonyl (C=O) groups is 1. The van der Waals surface area contributed by atoms with Gasteiger partial charge in [-0.25, -0.2) is 0 Å². The van der Waals surface area contributed by atoms with Crippen LogP contribution < -0.4 is 0 Å². The molecule has 0 bridgehead atoms. The van der Waals surface area contributed by atoms with Crippen molar-refractivity contribution >= 4 is 5.78 Å². The van der Waals surface area contributed by atoms with Gasteiger partial charge in [0.25, 0.3) is 0 Å². The third-order valence-corrected chi connectivity index (χ3v) is 3.79. The van der Waals surface area contributed by atoms with Crippen LogP contribution in [-0.2, 0) is 14.3 Å². The van der Waals surface area contributed by atoms with E-state index in [1.807, 2.05) is 0 Å². The average Bonchev–Trinajstić information content (AvgIpc) is 3.03. The number of rotatable bonds is 2. The first kappa shape index (κ1) is 11.3. The smallest absolute Gasteiger partial charge is 0.190 e. The second kappa shape index (κ2) is 2.98. The van der Waals surface area contributed by atoms with Crippen LogP contribution in [0.2, 0.25) is 0 Å². The number of hydrogen-bond acceptors (Lipinski definition) is 5. The summed E-state index contributed by atoms with van der Waals surface area (Å²) in [5.74, 6) is -0.132. The SMILES string of the molecule is CC(C)(O)[C@H]1O[C@@H]1C1=CC(=O)[C@]2(C)O[C@@H]2[C@H]1O. The van der Waals surface area contributed by atoms with Gasteiger partial charge in [0.1, 0.15) is 24.4 Å². The summed E-state index contributed by atoms with van der Waals surface area (Å²) >= 11 is 0. The molecule has 0 unspecified atom stereocenters. The number of aliphatic hydroxyl groups is 2. The normalized spacial score (nSPS) is 48.5. The van der Waals surface area contributed by atoms with Crippen LogP contribution in [0.25, 0.3) is 0 Å². The Hall–Kier alpha value is -0.750. The predicted molar refractivity (Wildman–Crippen MR) is 57.3 cm³/mol. The highest BCUT2D eigenvalue weighted by molar-refractivity contribution is 6.01. The standard InChI is InChI=1S/C12H16O5/c1-11(2,15)10-8(16-10)5-4-6(13)12(3)9(17-12)7(5)14/h4,7-10,14-15H,1-3H3/t7-,8+,9+,10-,12-/m0/s1. The number of aliphatic hydroxyl groups excluding tert-OH is 1. The molecule has 0 spiro atoms. The molecule has 3 rings (SSSR count). The zero-order valence-electron chi connectivity index (χ0n) is 10.0. The van der Waals surface area contributed by atoms with Gasteiger partial charge < -0.3 is 19.7 Å². The lowest BCUT2D eigenvalue weighted by molar-refractivity contribution is -0.119. The van der Waals surface area contributed by atoms with Crippen molar-refractivity contribution in [2.45, 2.75) is 56.4 Å². The Bertz CT molecular complexity index is 421. The summed E-state index contributed by atoms with van der Waals surface area (Å²) in [5, 5.41) is 19.8. The molecule has 2 fully saturated rings. The Morgan fingerprint density at radius 1 is 1.47 bits per heavy atom. The second-order valence-electron chi connectivity index (χ2n) is 5.73. The van der Waals surface area contributed by atoms with Crippen LogP contribution in [0.4, 0.5) is 0 Å². The number of ketones is 1. The molecule has 0 aromatic heterocycles. The van der Waals surface area contributed by atoms with Gasteiger partial charge in [0.05, 0.1) is 5.60 Å². The Balaban J connectivity index is 1.82. The van der Waals surface area contributed by atoms with Gasteiger partial charge in [-0.15, -0.1) is 0 Å². The first-order chi connectivity index (χ1) is 7.75. The minimum absolute atomic E-state index is 0.132. The van der Waals surface area contributed by atoms with Gasteiger partial charge in [-0.05, 0) is 32.4 Å². The van der Waals surface area contributed by atoms with Crippen molar-refractivity contribution in [3.05, 3.63) is 11.6 Å². The largest absolute Gasteiger partial charge is 0.388 e. The molecule has 2 heterocycles. The highest BCUT2D eigenvalue weighted by atomic mass is 16.6. The van der Waals surface area contributed by atoms with Crippen molar-refractivity contribution in [3.63, 3.8) is 0 Å². The van der Waals surface area contributed by atoms with Gasteiger partial charge in [0, 0.05) is 0 Å². The first-order valence-electron chi connectivity index (χ1n) is 5.75. The molecule has 5 nitrogen and oxygen atoms in total. The minimum atomic E-state index is -0.973. The van der Waals surface area contributed by atoms with E-state index >= 15 is 0 Å². The molecule has 3 aliphatic rings. The van der Waals surface area contributed by atoms with E-state index in [-0.39, 0.29) is 18.0 Å². The van der Waals surface area contributed by atoms with Crippen LogP contribution in [0.1, 0.15) is 20.8 Å². The van der Waals surface area contributed by atoms with E-state index in [2.05, 4.69) is 0 Å². The molecule has 5 heteroatoms. The summed E-state index contributed by atoms with van der Waals surface area (Å²) in [4.78, 5) is 11.8. The van der Waals surface area contributed by atoms with E-state index in [0.29, 0.717) is 5.57 Å². The molecule has 0 saturated carbocycles. The molecule has 17 heavy (non-hydrogen) atoms. The molecule has 0 aromatic carbocycles. The molecule has 2 N–H and O–H groups in total. The summed E-state index contributed by atoms with van der Waals surface area (Å²) in [7, 11) is 0. The molecule has 0 amide bonds. The average molecular weight is 240 g/mol. The topological polar surface area (TPSA) is 82.6 Å². The Kier molecular flexibility index (Phi) is 1.99. The van der Waals surface area contributed by atoms with Crippen LogP contribution in [-0.4, -0.2) is 51.6 Å². The fourth-order valence-electron chi connectivity index (χ4n) is 2.50. The molecule has 2 saturated heterocycles. The molecule has 2 aliphatic heterocycles. The summed E-state index contributed by atoms with van der Waals surface area (Å²) < 4.78 is 10.6. The number of ether oxygens (including phenoxy) is 2. The zero-order chi connectivity index (χ0) is 12.6. The molecule has 5 atom stereocenters. The van der Waals surface area contributed by atoms with E-state index in [9.17, 15) is 15.0 Å². The molecule has 94 valence electrons. The maximum Gasteiger partial charge on any atom is 0.190 e. The third kappa shape index (κ3) is 1.50. The summed E-state index contributed by atoms with van der Waals surface area (Å²) in [5.41, 5.74) is -1.29. The number of hydrogen-bond donors (Lipinski definition) is 2. The van der Waals surface area contributed by atoms with Gasteiger partial charge in [-0.1, -0.05) is 0 Å². The van der Waals surface area contributed by atoms with Crippen molar-refractivity contribution in [3.8, 4) is 0 Å². The number of fused-ring (bicyclic) bond motifs is 1. The van der Waals surface area contributed by atoms with Gasteiger partial charge in [-0.3, -0.25) is 4.79 Å². The van der Waals surface area contributed by atoms with Crippen molar-refractivity contribution in [1.29, 1.82) is 0 Å². The number of epoxide rings is 2. The maximum absolute atomic E-state index is 11.8. The fourth-order valence-corrected chi connectivity index (χ4v) is 2.50. The van der Waals surface area contributed by atoms with Gasteiger partial charge in [0.2, 0.25) is 0 Å². The Morgan fingerprint density at radius 2 is 2.12 bits per heavy atom. The maximum atomic E-state index is 11.8. The Morgan fingerprint density at radius 3 is 2.65 bits per heavy atom. The lowest BCUT2D eigenvalue weighted by atomic mass is 9.84. The van der Waals surface area contributed by atoms with Crippen molar-refractivity contribution < 1.29 is 24.5 Å². The highest BCUT2D eigenvalue weighted by Crippen LogP contribution is 2.49. The molecular weight excluding hydrogens is 224 g/mol. The van der Waals surface area contributed by atoms with Crippen LogP contribution in [0.5, 0.6) is 0 Å². The lowest BCUT2D eigenvalue weighted by Crippen LogP contribution is -2.38. The van der Waals surface area contributed by atoms with Crippen LogP contribution in [0, 0.1) is 0 Å². The van der Waals surface area contributed by atoms with Crippen LogP contribution in [0.15, 0.2) is 11.6 Å². The summed E-state index contributed by atoms with van der Waals surface area (Å²) in [6.07, 6.45) is -0.594. The minimum Gasteiger partial charge on any atom is -0.388 e. The summed E-state index contributed by atoms with van der Waals surface area (Å²) in [6, 6.07) is 0. The van der Waals surface area contributed by atoms with E-state index in [0.717, 1.165) is 0 Å². The number of carbonyl (C=O) groups excluding carboxylic acids is 1. The Labute approximate surface area is 99.0 Å². The van der Waals surface area contributed by atoms with E-state index in [1.54, 1.807) is 20.8 Å². The van der Waals surface area contributed by atoms with Crippen molar-refractivity contribution in [2.75, 3.05) is 0 Å². The third-order valence-electron chi connectivity index (χ3n) is 3.79. The van der Waals surface area contributed by atoms with Gasteiger partial charge in [-0.2, -0.15) is 0 Å². The predicted octanol–water partition coefficient (Wildman–Crippen LogP) is -0.448. The molecule has 0 aromatic rings. The monoisotopic (exact) mass is 240 g/mol. The molecule has 1 aliphatic carbocycles. The summed E-state index contributed by atoms with van der Waals surface area (Å²) in [6.45, 7) is 4.97. The highest BCUT2D eigenvalue weighted by Gasteiger charge is 2.66.